The molecule has 3 atom stereocenters. The van der Waals surface area contributed by atoms with E-state index in [1.54, 1.807) is 30.8 Å². The Morgan fingerprint density at radius 3 is 2.97 bits per heavy atom. The number of benzene rings is 1. The van der Waals surface area contributed by atoms with Crippen LogP contribution >= 0.6 is 0 Å². The topological polar surface area (TPSA) is 107 Å². The zero-order chi connectivity index (χ0) is 21.3. The highest BCUT2D eigenvalue weighted by Crippen LogP contribution is 2.29. The van der Waals surface area contributed by atoms with E-state index in [9.17, 15) is 18.5 Å². The Labute approximate surface area is 170 Å². The number of halogens is 1. The molecule has 152 valence electrons. The number of carbonyl (C=O) groups excluding carboxylic acids is 1. The van der Waals surface area contributed by atoms with Gasteiger partial charge in [-0.15, -0.1) is 6.58 Å². The molecule has 3 unspecified atom stereocenters. The number of nitrogens with one attached hydrogen (secondary N) is 2. The lowest BCUT2D eigenvalue weighted by molar-refractivity contribution is 0.0736. The van der Waals surface area contributed by atoms with Gasteiger partial charge in [-0.05, 0) is 38.0 Å². The number of amides is 1. The summed E-state index contributed by atoms with van der Waals surface area (Å²) in [7, 11) is 0.0476. The minimum Gasteiger partial charge on any atom is -0.384 e. The third kappa shape index (κ3) is 4.00. The van der Waals surface area contributed by atoms with Gasteiger partial charge in [-0.25, -0.2) is 13.3 Å². The van der Waals surface area contributed by atoms with Gasteiger partial charge in [0.2, 0.25) is 0 Å². The molecule has 9 heteroatoms. The molecule has 0 aliphatic carbocycles. The van der Waals surface area contributed by atoms with E-state index in [1.165, 1.54) is 18.2 Å². The Morgan fingerprint density at radius 1 is 1.59 bits per heavy atom. The van der Waals surface area contributed by atoms with Crippen LogP contribution in [0.2, 0.25) is 0 Å². The number of carbonyl (C=O) groups is 1. The van der Waals surface area contributed by atoms with Crippen LogP contribution in [0.25, 0.3) is 0 Å². The van der Waals surface area contributed by atoms with Gasteiger partial charge in [0.1, 0.15) is 28.6 Å². The van der Waals surface area contributed by atoms with Gasteiger partial charge in [-0.2, -0.15) is 5.26 Å². The van der Waals surface area contributed by atoms with Gasteiger partial charge >= 0.3 is 0 Å². The minimum absolute atomic E-state index is 0.173. The van der Waals surface area contributed by atoms with Crippen molar-refractivity contribution in [3.05, 3.63) is 59.7 Å². The number of hydrogen-bond acceptors (Lipinski definition) is 4. The van der Waals surface area contributed by atoms with Crippen molar-refractivity contribution in [2.45, 2.75) is 36.3 Å². The highest BCUT2D eigenvalue weighted by atomic mass is 32.2. The number of rotatable bonds is 4. The molecule has 0 bridgehead atoms. The summed E-state index contributed by atoms with van der Waals surface area (Å²) >= 11 is 0. The molecular formula is C20H21FN4O3S. The lowest BCUT2D eigenvalue weighted by atomic mass is 9.92. The van der Waals surface area contributed by atoms with E-state index in [0.29, 0.717) is 29.0 Å². The van der Waals surface area contributed by atoms with Gasteiger partial charge in [0.25, 0.3) is 5.91 Å². The van der Waals surface area contributed by atoms with Crippen molar-refractivity contribution in [1.29, 1.82) is 5.26 Å². The molecular weight excluding hydrogens is 395 g/mol. The standard InChI is InChI=1S/C20H21FN4O3S/c1-4-20(2,27)17-8-6-14-16(29(28)24-17)11-25(3)18(14)19(26)23-13-5-7-15(21)12(9-13)10-22/h4-5,7,9,11,17,24,27H,1,6,8H2,2-3H3,(H,23,26). The van der Waals surface area contributed by atoms with Crippen LogP contribution in [0.5, 0.6) is 0 Å². The Balaban J connectivity index is 1.92. The number of nitrogens with zero attached hydrogens (tertiary/aromatic N) is 2. The summed E-state index contributed by atoms with van der Waals surface area (Å²) in [6.07, 6.45) is 3.87. The maximum Gasteiger partial charge on any atom is 0.272 e. The van der Waals surface area contributed by atoms with E-state index in [2.05, 4.69) is 16.6 Å². The Morgan fingerprint density at radius 2 is 2.31 bits per heavy atom. The van der Waals surface area contributed by atoms with E-state index >= 15 is 0 Å². The number of nitriles is 1. The molecule has 2 aromatic rings. The maximum absolute atomic E-state index is 13.5. The number of aryl methyl sites for hydroxylation is 1. The predicted octanol–water partition coefficient (Wildman–Crippen LogP) is 2.15. The van der Waals surface area contributed by atoms with Crippen LogP contribution in [0.15, 0.2) is 41.9 Å². The third-order valence-electron chi connectivity index (χ3n) is 5.06. The van der Waals surface area contributed by atoms with Gasteiger partial charge < -0.3 is 15.0 Å². The van der Waals surface area contributed by atoms with Gasteiger partial charge in [-0.1, -0.05) is 6.08 Å². The first kappa shape index (κ1) is 20.9. The molecule has 1 aromatic heterocycles. The molecule has 2 heterocycles. The first-order valence-corrected chi connectivity index (χ1v) is 10.1. The van der Waals surface area contributed by atoms with Gasteiger partial charge in [0, 0.05) is 24.5 Å². The van der Waals surface area contributed by atoms with E-state index in [0.717, 1.165) is 6.07 Å². The number of hydrogen-bond donors (Lipinski definition) is 3. The molecule has 0 fully saturated rings. The monoisotopic (exact) mass is 416 g/mol. The van der Waals surface area contributed by atoms with Crippen molar-refractivity contribution < 1.29 is 18.5 Å². The van der Waals surface area contributed by atoms with E-state index in [1.807, 2.05) is 0 Å². The van der Waals surface area contributed by atoms with Crippen molar-refractivity contribution in [3.8, 4) is 6.07 Å². The van der Waals surface area contributed by atoms with Crippen LogP contribution in [0, 0.1) is 17.1 Å². The number of aliphatic hydroxyl groups is 1. The van der Waals surface area contributed by atoms with Crippen LogP contribution in [-0.4, -0.2) is 31.4 Å². The van der Waals surface area contributed by atoms with Crippen LogP contribution in [0.4, 0.5) is 10.1 Å². The fraction of sp³-hybridized carbons (Fsp3) is 0.300. The van der Waals surface area contributed by atoms with Crippen molar-refractivity contribution in [2.75, 3.05) is 5.32 Å². The van der Waals surface area contributed by atoms with Crippen LogP contribution < -0.4 is 10.0 Å². The zero-order valence-electron chi connectivity index (χ0n) is 16.0. The summed E-state index contributed by atoms with van der Waals surface area (Å²) < 4.78 is 30.8. The summed E-state index contributed by atoms with van der Waals surface area (Å²) in [6, 6.07) is 4.97. The van der Waals surface area contributed by atoms with Crippen LogP contribution in [0.1, 0.15) is 35.0 Å². The second-order valence-corrected chi connectivity index (χ2v) is 8.31. The molecule has 1 aromatic carbocycles. The van der Waals surface area contributed by atoms with Crippen molar-refractivity contribution >= 4 is 22.6 Å². The Kier molecular flexibility index (Phi) is 5.71. The summed E-state index contributed by atoms with van der Waals surface area (Å²) in [5, 5.41) is 22.1. The largest absolute Gasteiger partial charge is 0.384 e. The van der Waals surface area contributed by atoms with E-state index < -0.39 is 34.4 Å². The first-order chi connectivity index (χ1) is 13.7. The molecule has 1 aliphatic heterocycles. The quantitative estimate of drug-likeness (QED) is 0.664. The van der Waals surface area contributed by atoms with E-state index in [-0.39, 0.29) is 11.3 Å². The lowest BCUT2D eigenvalue weighted by Gasteiger charge is -2.29. The summed E-state index contributed by atoms with van der Waals surface area (Å²) in [5.41, 5.74) is -0.222. The molecule has 0 radical (unpaired) electrons. The highest BCUT2D eigenvalue weighted by molar-refractivity contribution is 7.83. The van der Waals surface area contributed by atoms with Crippen LogP contribution in [0.3, 0.4) is 0 Å². The van der Waals surface area contributed by atoms with Gasteiger partial charge in [0.15, 0.2) is 0 Å². The van der Waals surface area contributed by atoms with Crippen LogP contribution in [-0.2, 0) is 24.5 Å². The fourth-order valence-electron chi connectivity index (χ4n) is 3.32. The summed E-state index contributed by atoms with van der Waals surface area (Å²) in [5.74, 6) is -1.13. The number of aromatic nitrogens is 1. The predicted molar refractivity (Wildman–Crippen MR) is 107 cm³/mol. The highest BCUT2D eigenvalue weighted by Gasteiger charge is 2.35. The second kappa shape index (κ2) is 7.91. The average molecular weight is 416 g/mol. The maximum atomic E-state index is 13.5. The second-order valence-electron chi connectivity index (χ2n) is 7.10. The molecule has 0 spiro atoms. The zero-order valence-corrected chi connectivity index (χ0v) is 16.8. The Bertz CT molecular complexity index is 1050. The Hall–Kier alpha value is -2.80. The average Bonchev–Trinajstić information content (AvgIpc) is 2.93. The summed E-state index contributed by atoms with van der Waals surface area (Å²) in [4.78, 5) is 13.4. The molecule has 1 aliphatic rings. The van der Waals surface area contributed by atoms with E-state index in [4.69, 9.17) is 5.26 Å². The van der Waals surface area contributed by atoms with Gasteiger partial charge in [-0.3, -0.25) is 4.79 Å². The molecule has 3 rings (SSSR count). The molecule has 3 N–H and O–H groups in total. The third-order valence-corrected chi connectivity index (χ3v) is 6.31. The molecule has 7 nitrogen and oxygen atoms in total. The smallest absolute Gasteiger partial charge is 0.272 e. The number of anilines is 1. The van der Waals surface area contributed by atoms with Crippen molar-refractivity contribution in [1.82, 2.24) is 9.29 Å². The fourth-order valence-corrected chi connectivity index (χ4v) is 4.74. The van der Waals surface area contributed by atoms with Crippen molar-refractivity contribution in [2.24, 2.45) is 7.05 Å². The number of fused-ring (bicyclic) bond motifs is 1. The summed E-state index contributed by atoms with van der Waals surface area (Å²) in [6.45, 7) is 5.20. The lowest BCUT2D eigenvalue weighted by Crippen LogP contribution is -2.47. The van der Waals surface area contributed by atoms with Crippen molar-refractivity contribution in [3.63, 3.8) is 0 Å². The van der Waals surface area contributed by atoms with Gasteiger partial charge in [0.05, 0.1) is 22.1 Å². The molecule has 1 amide bonds. The molecule has 0 saturated carbocycles. The SMILES string of the molecule is C=CC(C)(O)C1CCc2c(cn(C)c2C(=O)Nc2ccc(F)c(C#N)c2)S(=O)N1. The minimum atomic E-state index is -1.62. The molecule has 29 heavy (non-hydrogen) atoms. The first-order valence-electron chi connectivity index (χ1n) is 8.91. The molecule has 0 saturated heterocycles. The normalized spacial score (nSPS) is 20.7.